The molecule has 7 nitrogen and oxygen atoms in total. The largest absolute Gasteiger partial charge is 0.342 e. The molecular formula is C27H25N5O2. The molecule has 5 rings (SSSR count). The van der Waals surface area contributed by atoms with Gasteiger partial charge < -0.3 is 4.90 Å². The fourth-order valence-electron chi connectivity index (χ4n) is 4.51. The summed E-state index contributed by atoms with van der Waals surface area (Å²) in [5.41, 5.74) is 3.77. The van der Waals surface area contributed by atoms with Gasteiger partial charge in [-0.25, -0.2) is 15.0 Å². The van der Waals surface area contributed by atoms with Crippen LogP contribution in [-0.2, 0) is 7.05 Å². The number of piperidine rings is 1. The Morgan fingerprint density at radius 1 is 0.941 bits per heavy atom. The molecule has 1 aliphatic rings. The summed E-state index contributed by atoms with van der Waals surface area (Å²) in [4.78, 5) is 41.1. The number of anilines is 1. The second-order valence-electron chi connectivity index (χ2n) is 8.47. The lowest BCUT2D eigenvalue weighted by Gasteiger charge is -2.33. The van der Waals surface area contributed by atoms with Crippen molar-refractivity contribution >= 4 is 11.7 Å². The Bertz CT molecular complexity index is 1360. The molecule has 0 radical (unpaired) electrons. The topological polar surface area (TPSA) is 81.0 Å². The maximum atomic E-state index is 13.5. The van der Waals surface area contributed by atoms with Crippen LogP contribution in [0.5, 0.6) is 0 Å². The van der Waals surface area contributed by atoms with Crippen LogP contribution in [0.4, 0.5) is 5.95 Å². The summed E-state index contributed by atoms with van der Waals surface area (Å²) < 4.78 is 1.55. The smallest absolute Gasteiger partial charge is 0.255 e. The van der Waals surface area contributed by atoms with Crippen molar-refractivity contribution in [1.29, 1.82) is 0 Å². The summed E-state index contributed by atoms with van der Waals surface area (Å²) in [6, 6.07) is 21.1. The highest BCUT2D eigenvalue weighted by atomic mass is 16.1. The van der Waals surface area contributed by atoms with Crippen molar-refractivity contribution in [2.24, 2.45) is 13.0 Å². The van der Waals surface area contributed by atoms with Gasteiger partial charge in [-0.2, -0.15) is 0 Å². The molecule has 1 saturated heterocycles. The molecule has 0 bridgehead atoms. The van der Waals surface area contributed by atoms with E-state index in [1.165, 1.54) is 12.4 Å². The first kappa shape index (κ1) is 21.7. The average Bonchev–Trinajstić information content (AvgIpc) is 2.91. The molecule has 0 aliphatic carbocycles. The predicted molar refractivity (Wildman–Crippen MR) is 132 cm³/mol. The maximum Gasteiger partial charge on any atom is 0.255 e. The summed E-state index contributed by atoms with van der Waals surface area (Å²) in [7, 11) is 1.72. The van der Waals surface area contributed by atoms with Crippen molar-refractivity contribution in [3.8, 4) is 22.5 Å². The molecule has 1 fully saturated rings. The number of nitrogens with zero attached hydrogens (tertiary/aromatic N) is 5. The molecule has 2 aromatic carbocycles. The molecule has 3 heterocycles. The number of Topliss-reactive ketones (excluding diaryl/α,β-unsaturated/α-hetero) is 1. The van der Waals surface area contributed by atoms with Gasteiger partial charge in [0, 0.05) is 43.9 Å². The first-order valence-electron chi connectivity index (χ1n) is 11.4. The molecule has 7 heteroatoms. The van der Waals surface area contributed by atoms with Crippen molar-refractivity contribution in [3.63, 3.8) is 0 Å². The first-order valence-corrected chi connectivity index (χ1v) is 11.4. The van der Waals surface area contributed by atoms with Crippen LogP contribution in [0.3, 0.4) is 0 Å². The van der Waals surface area contributed by atoms with Gasteiger partial charge in [0.1, 0.15) is 6.33 Å². The highest BCUT2D eigenvalue weighted by Crippen LogP contribution is 2.30. The Hall–Kier alpha value is -4.13. The quantitative estimate of drug-likeness (QED) is 0.427. The number of aromatic nitrogens is 4. The molecule has 0 unspecified atom stereocenters. The molecule has 0 atom stereocenters. The van der Waals surface area contributed by atoms with Crippen LogP contribution in [-0.4, -0.2) is 38.4 Å². The summed E-state index contributed by atoms with van der Waals surface area (Å²) >= 11 is 0. The third-order valence-corrected chi connectivity index (χ3v) is 6.38. The van der Waals surface area contributed by atoms with Crippen LogP contribution in [0.25, 0.3) is 22.5 Å². The Morgan fingerprint density at radius 3 is 2.41 bits per heavy atom. The van der Waals surface area contributed by atoms with Gasteiger partial charge >= 0.3 is 0 Å². The van der Waals surface area contributed by atoms with E-state index in [2.05, 4.69) is 14.9 Å². The van der Waals surface area contributed by atoms with E-state index in [9.17, 15) is 9.59 Å². The van der Waals surface area contributed by atoms with E-state index >= 15 is 0 Å². The van der Waals surface area contributed by atoms with Crippen molar-refractivity contribution in [2.45, 2.75) is 12.8 Å². The second kappa shape index (κ2) is 9.39. The van der Waals surface area contributed by atoms with Crippen LogP contribution in [0.1, 0.15) is 23.2 Å². The molecule has 0 amide bonds. The van der Waals surface area contributed by atoms with Gasteiger partial charge in [0.2, 0.25) is 5.95 Å². The minimum atomic E-state index is -0.145. The Morgan fingerprint density at radius 2 is 1.68 bits per heavy atom. The number of rotatable bonds is 5. The Labute approximate surface area is 197 Å². The third-order valence-electron chi connectivity index (χ3n) is 6.38. The van der Waals surface area contributed by atoms with Crippen LogP contribution in [0.2, 0.25) is 0 Å². The molecule has 1 aliphatic heterocycles. The van der Waals surface area contributed by atoms with Gasteiger partial charge in [0.25, 0.3) is 5.56 Å². The molecule has 0 spiro atoms. The first-order chi connectivity index (χ1) is 16.6. The van der Waals surface area contributed by atoms with E-state index in [0.29, 0.717) is 43.3 Å². The van der Waals surface area contributed by atoms with Crippen molar-refractivity contribution in [1.82, 2.24) is 19.5 Å². The summed E-state index contributed by atoms with van der Waals surface area (Å²) in [6.07, 6.45) is 4.48. The van der Waals surface area contributed by atoms with Gasteiger partial charge in [0.15, 0.2) is 5.78 Å². The number of ketones is 1. The van der Waals surface area contributed by atoms with E-state index in [1.807, 2.05) is 54.6 Å². The standard InChI is InChI=1S/C27H25N5O2/c1-31-25(33)17-24(23-11-14-28-18-29-23)30-27(31)32-15-12-20(13-16-32)26(34)22-10-6-5-9-21(22)19-7-3-2-4-8-19/h2-11,14,17-18,20H,12-13,15-16H2,1H3. The molecule has 0 saturated carbocycles. The van der Waals surface area contributed by atoms with Crippen LogP contribution >= 0.6 is 0 Å². The lowest BCUT2D eigenvalue weighted by Crippen LogP contribution is -2.40. The average molecular weight is 452 g/mol. The number of hydrogen-bond acceptors (Lipinski definition) is 6. The normalized spacial score (nSPS) is 14.2. The summed E-state index contributed by atoms with van der Waals surface area (Å²) in [5.74, 6) is 0.704. The van der Waals surface area contributed by atoms with Crippen LogP contribution in [0, 0.1) is 5.92 Å². The van der Waals surface area contributed by atoms with Gasteiger partial charge in [-0.3, -0.25) is 14.2 Å². The lowest BCUT2D eigenvalue weighted by molar-refractivity contribution is 0.0901. The summed E-state index contributed by atoms with van der Waals surface area (Å²) in [5, 5.41) is 0. The highest BCUT2D eigenvalue weighted by molar-refractivity contribution is 6.03. The van der Waals surface area contributed by atoms with Crippen molar-refractivity contribution in [3.05, 3.63) is 95.2 Å². The molecular weight excluding hydrogens is 426 g/mol. The fourth-order valence-corrected chi connectivity index (χ4v) is 4.51. The zero-order valence-electron chi connectivity index (χ0n) is 19.0. The van der Waals surface area contributed by atoms with Crippen LogP contribution in [0.15, 0.2) is 84.0 Å². The number of carbonyl (C=O) groups is 1. The number of carbonyl (C=O) groups excluding carboxylic acids is 1. The van der Waals surface area contributed by atoms with Gasteiger partial charge in [-0.15, -0.1) is 0 Å². The van der Waals surface area contributed by atoms with Crippen LogP contribution < -0.4 is 10.5 Å². The van der Waals surface area contributed by atoms with Crippen molar-refractivity contribution in [2.75, 3.05) is 18.0 Å². The Kier molecular flexibility index (Phi) is 5.99. The SMILES string of the molecule is Cn1c(N2CCC(C(=O)c3ccccc3-c3ccccc3)CC2)nc(-c2ccncn2)cc1=O. The fraction of sp³-hybridized carbons (Fsp3) is 0.222. The molecule has 0 N–H and O–H groups in total. The zero-order chi connectivity index (χ0) is 23.5. The predicted octanol–water partition coefficient (Wildman–Crippen LogP) is 4.00. The minimum Gasteiger partial charge on any atom is -0.342 e. The van der Waals surface area contributed by atoms with E-state index in [0.717, 1.165) is 16.7 Å². The monoisotopic (exact) mass is 451 g/mol. The van der Waals surface area contributed by atoms with Gasteiger partial charge in [0.05, 0.1) is 11.4 Å². The van der Waals surface area contributed by atoms with Gasteiger partial charge in [-0.1, -0.05) is 54.6 Å². The van der Waals surface area contributed by atoms with Crippen molar-refractivity contribution < 1.29 is 4.79 Å². The zero-order valence-corrected chi connectivity index (χ0v) is 19.0. The third kappa shape index (κ3) is 4.24. The highest BCUT2D eigenvalue weighted by Gasteiger charge is 2.29. The molecule has 34 heavy (non-hydrogen) atoms. The summed E-state index contributed by atoms with van der Waals surface area (Å²) in [6.45, 7) is 1.30. The van der Waals surface area contributed by atoms with E-state index in [4.69, 9.17) is 4.98 Å². The minimum absolute atomic E-state index is 0.0665. The molecule has 2 aromatic heterocycles. The number of hydrogen-bond donors (Lipinski definition) is 0. The van der Waals surface area contributed by atoms with E-state index in [-0.39, 0.29) is 17.3 Å². The van der Waals surface area contributed by atoms with Gasteiger partial charge in [-0.05, 0) is 30.0 Å². The molecule has 170 valence electrons. The second-order valence-corrected chi connectivity index (χ2v) is 8.47. The number of benzene rings is 2. The lowest BCUT2D eigenvalue weighted by atomic mass is 9.86. The maximum absolute atomic E-state index is 13.5. The Balaban J connectivity index is 1.36. The molecule has 4 aromatic rings. The van der Waals surface area contributed by atoms with E-state index < -0.39 is 0 Å². The van der Waals surface area contributed by atoms with E-state index in [1.54, 1.807) is 23.9 Å².